The molecule has 0 aromatic heterocycles. The van der Waals surface area contributed by atoms with E-state index in [1.807, 2.05) is 0 Å². The van der Waals surface area contributed by atoms with Gasteiger partial charge in [0.2, 0.25) is 0 Å². The predicted molar refractivity (Wildman–Crippen MR) is 64.9 cm³/mol. The zero-order valence-electron chi connectivity index (χ0n) is 9.65. The summed E-state index contributed by atoms with van der Waals surface area (Å²) in [5, 5.41) is 0. The molecule has 0 N–H and O–H groups in total. The van der Waals surface area contributed by atoms with Crippen LogP contribution in [0.3, 0.4) is 0 Å². The fraction of sp³-hybridized carbons (Fsp3) is 0.500. The third kappa shape index (κ3) is 7.64. The molecule has 0 radical (unpaired) electrons. The predicted octanol–water partition coefficient (Wildman–Crippen LogP) is 3.29. The van der Waals surface area contributed by atoms with Crippen LogP contribution in [0.5, 0.6) is 0 Å². The summed E-state index contributed by atoms with van der Waals surface area (Å²) in [5.74, 6) is 0. The number of rotatable bonds is 4. The van der Waals surface area contributed by atoms with Crippen molar-refractivity contribution < 1.29 is 0 Å². The van der Waals surface area contributed by atoms with Gasteiger partial charge < -0.3 is 0 Å². The first kappa shape index (κ1) is 12.3. The van der Waals surface area contributed by atoms with E-state index in [0.717, 1.165) is 0 Å². The maximum Gasteiger partial charge on any atom is 0.101 e. The van der Waals surface area contributed by atoms with E-state index in [0.29, 0.717) is 0 Å². The van der Waals surface area contributed by atoms with Gasteiger partial charge in [-0.1, -0.05) is 41.3 Å². The lowest BCUT2D eigenvalue weighted by atomic mass is 10.0. The van der Waals surface area contributed by atoms with Crippen molar-refractivity contribution in [2.24, 2.45) is 0 Å². The average Bonchev–Trinajstić information content (AvgIpc) is 1.98. The SMILES string of the molecule is BCC/C=C(C)/C=C(\C)C=C(C)C. The van der Waals surface area contributed by atoms with Gasteiger partial charge >= 0.3 is 0 Å². The number of allylic oxidation sites excluding steroid dienone is 6. The fourth-order valence-electron chi connectivity index (χ4n) is 1.29. The van der Waals surface area contributed by atoms with Crippen molar-refractivity contribution in [2.75, 3.05) is 0 Å². The molecular formula is C12H21B. The molecule has 0 aliphatic carbocycles. The van der Waals surface area contributed by atoms with Gasteiger partial charge in [-0.15, -0.1) is 0 Å². The molecule has 0 spiro atoms. The van der Waals surface area contributed by atoms with Crippen LogP contribution in [0.25, 0.3) is 0 Å². The van der Waals surface area contributed by atoms with E-state index in [1.54, 1.807) is 0 Å². The van der Waals surface area contributed by atoms with Crippen molar-refractivity contribution in [3.63, 3.8) is 0 Å². The Morgan fingerprint density at radius 3 is 2.08 bits per heavy atom. The van der Waals surface area contributed by atoms with Crippen LogP contribution in [-0.2, 0) is 0 Å². The summed E-state index contributed by atoms with van der Waals surface area (Å²) in [6, 6.07) is 0. The van der Waals surface area contributed by atoms with Crippen molar-refractivity contribution in [3.05, 3.63) is 34.9 Å². The number of hydrogen-bond donors (Lipinski definition) is 0. The van der Waals surface area contributed by atoms with Crippen LogP contribution in [0.1, 0.15) is 34.1 Å². The fourth-order valence-corrected chi connectivity index (χ4v) is 1.29. The van der Waals surface area contributed by atoms with Crippen molar-refractivity contribution >= 4 is 7.85 Å². The number of hydrogen-bond acceptors (Lipinski definition) is 0. The second kappa shape index (κ2) is 6.76. The molecule has 0 rings (SSSR count). The molecule has 13 heavy (non-hydrogen) atoms. The molecule has 0 aromatic carbocycles. The average molecular weight is 176 g/mol. The Morgan fingerprint density at radius 2 is 1.62 bits per heavy atom. The van der Waals surface area contributed by atoms with Gasteiger partial charge in [0, 0.05) is 0 Å². The van der Waals surface area contributed by atoms with Gasteiger partial charge in [0.1, 0.15) is 7.85 Å². The van der Waals surface area contributed by atoms with Gasteiger partial charge in [0.05, 0.1) is 0 Å². The van der Waals surface area contributed by atoms with Crippen LogP contribution in [-0.4, -0.2) is 7.85 Å². The first-order valence-electron chi connectivity index (χ1n) is 5.06. The first-order chi connectivity index (χ1) is 6.06. The van der Waals surface area contributed by atoms with Gasteiger partial charge in [-0.3, -0.25) is 0 Å². The molecule has 0 aliphatic rings. The minimum atomic E-state index is 1.18. The quantitative estimate of drug-likeness (QED) is 0.455. The second-order valence-electron chi connectivity index (χ2n) is 3.85. The van der Waals surface area contributed by atoms with Crippen molar-refractivity contribution in [2.45, 2.75) is 40.4 Å². The Labute approximate surface area is 83.8 Å². The van der Waals surface area contributed by atoms with Crippen LogP contribution in [0.15, 0.2) is 34.9 Å². The zero-order valence-corrected chi connectivity index (χ0v) is 9.65. The van der Waals surface area contributed by atoms with E-state index in [9.17, 15) is 0 Å². The largest absolute Gasteiger partial charge is 0.101 e. The summed E-state index contributed by atoms with van der Waals surface area (Å²) < 4.78 is 0. The standard InChI is InChI=1S/C12H21B/c1-10(2)8-12(4)9-11(3)6-5-7-13/h6,8-9H,5,7,13H2,1-4H3/b11-6+,12-9+. The van der Waals surface area contributed by atoms with Gasteiger partial charge in [0.15, 0.2) is 0 Å². The summed E-state index contributed by atoms with van der Waals surface area (Å²) in [4.78, 5) is 0. The zero-order chi connectivity index (χ0) is 10.3. The minimum absolute atomic E-state index is 1.18. The van der Waals surface area contributed by atoms with Crippen LogP contribution in [0.2, 0.25) is 6.32 Å². The van der Waals surface area contributed by atoms with Gasteiger partial charge in [-0.05, 0) is 34.1 Å². The van der Waals surface area contributed by atoms with E-state index in [-0.39, 0.29) is 0 Å². The Hall–Kier alpha value is -0.715. The summed E-state index contributed by atoms with van der Waals surface area (Å²) in [5.41, 5.74) is 4.07. The highest BCUT2D eigenvalue weighted by atomic mass is 13.9. The molecule has 0 nitrogen and oxygen atoms in total. The Bertz CT molecular complexity index is 228. The molecule has 0 saturated carbocycles. The van der Waals surface area contributed by atoms with Crippen LogP contribution in [0.4, 0.5) is 0 Å². The lowest BCUT2D eigenvalue weighted by Gasteiger charge is -1.96. The summed E-state index contributed by atoms with van der Waals surface area (Å²) in [7, 11) is 2.20. The van der Waals surface area contributed by atoms with Crippen molar-refractivity contribution in [1.29, 1.82) is 0 Å². The highest BCUT2D eigenvalue weighted by Crippen LogP contribution is 2.06. The summed E-state index contributed by atoms with van der Waals surface area (Å²) in [6.07, 6.45) is 9.16. The van der Waals surface area contributed by atoms with Crippen molar-refractivity contribution in [3.8, 4) is 0 Å². The first-order valence-corrected chi connectivity index (χ1v) is 5.06. The molecule has 0 heterocycles. The maximum absolute atomic E-state index is 2.29. The van der Waals surface area contributed by atoms with Gasteiger partial charge in [0.25, 0.3) is 0 Å². The Balaban J connectivity index is 4.29. The molecule has 0 saturated heterocycles. The highest BCUT2D eigenvalue weighted by Gasteiger charge is 1.86. The minimum Gasteiger partial charge on any atom is -0.0823 e. The molecule has 0 amide bonds. The smallest absolute Gasteiger partial charge is 0.0823 e. The van der Waals surface area contributed by atoms with E-state index < -0.39 is 0 Å². The molecule has 0 fully saturated rings. The monoisotopic (exact) mass is 176 g/mol. The summed E-state index contributed by atoms with van der Waals surface area (Å²) >= 11 is 0. The van der Waals surface area contributed by atoms with Gasteiger partial charge in [-0.25, -0.2) is 0 Å². The molecule has 0 atom stereocenters. The van der Waals surface area contributed by atoms with Crippen LogP contribution >= 0.6 is 0 Å². The van der Waals surface area contributed by atoms with E-state index in [2.05, 4.69) is 53.8 Å². The van der Waals surface area contributed by atoms with Crippen molar-refractivity contribution in [1.82, 2.24) is 0 Å². The third-order valence-electron chi connectivity index (χ3n) is 1.73. The lowest BCUT2D eigenvalue weighted by molar-refractivity contribution is 1.18. The molecule has 0 aromatic rings. The highest BCUT2D eigenvalue weighted by molar-refractivity contribution is 6.08. The van der Waals surface area contributed by atoms with E-state index >= 15 is 0 Å². The Kier molecular flexibility index (Phi) is 6.39. The maximum atomic E-state index is 2.29. The molecule has 0 unspecified atom stereocenters. The molecule has 0 bridgehead atoms. The van der Waals surface area contributed by atoms with Crippen LogP contribution < -0.4 is 0 Å². The molecule has 1 heteroatoms. The van der Waals surface area contributed by atoms with E-state index in [4.69, 9.17) is 0 Å². The molecular weight excluding hydrogens is 155 g/mol. The molecule has 72 valence electrons. The normalized spacial score (nSPS) is 12.9. The van der Waals surface area contributed by atoms with Gasteiger partial charge in [-0.2, -0.15) is 0 Å². The Morgan fingerprint density at radius 1 is 1.00 bits per heavy atom. The topological polar surface area (TPSA) is 0 Å². The summed E-state index contributed by atoms with van der Waals surface area (Å²) in [6.45, 7) is 8.57. The van der Waals surface area contributed by atoms with E-state index in [1.165, 1.54) is 29.5 Å². The third-order valence-corrected chi connectivity index (χ3v) is 1.73. The lowest BCUT2D eigenvalue weighted by Crippen LogP contribution is -1.76. The molecule has 0 aliphatic heterocycles. The second-order valence-corrected chi connectivity index (χ2v) is 3.85. The van der Waals surface area contributed by atoms with Crippen LogP contribution in [0, 0.1) is 0 Å².